The van der Waals surface area contributed by atoms with Crippen molar-refractivity contribution in [2.75, 3.05) is 6.61 Å². The quantitative estimate of drug-likeness (QED) is 0.212. The molecule has 1 aromatic heterocycles. The van der Waals surface area contributed by atoms with E-state index in [0.29, 0.717) is 47.9 Å². The molecule has 1 saturated heterocycles. The molecule has 5 rings (SSSR count). The Morgan fingerprint density at radius 3 is 2.63 bits per heavy atom. The van der Waals surface area contributed by atoms with Gasteiger partial charge in [-0.1, -0.05) is 61.0 Å². The minimum absolute atomic E-state index is 0.00551. The second-order valence-corrected chi connectivity index (χ2v) is 10.2. The topological polar surface area (TPSA) is 124 Å². The van der Waals surface area contributed by atoms with E-state index >= 15 is 0 Å². The molecule has 2 unspecified atom stereocenters. The molecule has 1 aliphatic rings. The Hall–Kier alpha value is -4.21. The van der Waals surface area contributed by atoms with Crippen LogP contribution < -0.4 is 10.5 Å². The van der Waals surface area contributed by atoms with Gasteiger partial charge in [-0.05, 0) is 67.5 Å². The van der Waals surface area contributed by atoms with Gasteiger partial charge in [-0.15, -0.1) is 0 Å². The molecule has 2 N–H and O–H groups in total. The lowest BCUT2D eigenvalue weighted by Gasteiger charge is -2.28. The summed E-state index contributed by atoms with van der Waals surface area (Å²) in [6.07, 6.45) is 3.54. The van der Waals surface area contributed by atoms with E-state index < -0.39 is 11.9 Å². The fourth-order valence-electron chi connectivity index (χ4n) is 5.00. The van der Waals surface area contributed by atoms with Crippen molar-refractivity contribution < 1.29 is 28.6 Å². The summed E-state index contributed by atoms with van der Waals surface area (Å²) in [6, 6.07) is 18.9. The van der Waals surface area contributed by atoms with Crippen molar-refractivity contribution in [2.45, 2.75) is 65.0 Å². The van der Waals surface area contributed by atoms with E-state index in [4.69, 9.17) is 14.2 Å². The normalized spacial score (nSPS) is 15.9. The standard InChI is InChI=1S/C32H34N2O7/c1-3-7-26-27(16-15-25(20(2)35)29(26)36)39-19-21-11-13-22(14-12-21)30(40-28-10-4-5-17-38-28)23-8-6-9-24(18-23)31-33-32(37)41-34-31/h6,8-9,11-16,18,28,30,36H,3-5,7,10,17,19H2,1-2H3,(H,33,34,37). The zero-order valence-corrected chi connectivity index (χ0v) is 23.2. The third kappa shape index (κ3) is 6.75. The summed E-state index contributed by atoms with van der Waals surface area (Å²) in [5.41, 5.74) is 4.41. The molecule has 2 atom stereocenters. The van der Waals surface area contributed by atoms with Crippen LogP contribution in [0.25, 0.3) is 11.4 Å². The summed E-state index contributed by atoms with van der Waals surface area (Å²) < 4.78 is 23.2. The molecular formula is C32H34N2O7. The molecule has 2 heterocycles. The number of rotatable bonds is 11. The molecule has 9 nitrogen and oxygen atoms in total. The molecule has 9 heteroatoms. The molecule has 1 fully saturated rings. The minimum Gasteiger partial charge on any atom is -0.507 e. The largest absolute Gasteiger partial charge is 0.507 e. The fourth-order valence-corrected chi connectivity index (χ4v) is 5.00. The molecule has 0 spiro atoms. The number of nitrogens with zero attached hydrogens (tertiary/aromatic N) is 1. The number of phenolic OH excluding ortho intramolecular Hbond substituents is 1. The first kappa shape index (κ1) is 28.3. The summed E-state index contributed by atoms with van der Waals surface area (Å²) in [6.45, 7) is 4.41. The molecule has 0 aliphatic carbocycles. The average molecular weight is 559 g/mol. The molecule has 4 aromatic rings. The van der Waals surface area contributed by atoms with Gasteiger partial charge in [0.25, 0.3) is 0 Å². The third-order valence-corrected chi connectivity index (χ3v) is 7.12. The molecule has 0 radical (unpaired) electrons. The minimum atomic E-state index is -0.613. The van der Waals surface area contributed by atoms with Crippen LogP contribution in [-0.4, -0.2) is 33.9 Å². The maximum Gasteiger partial charge on any atom is 0.439 e. The van der Waals surface area contributed by atoms with E-state index in [2.05, 4.69) is 14.7 Å². The number of Topliss-reactive ketones (excluding diaryl/α,β-unsaturated/α-hetero) is 1. The molecule has 0 bridgehead atoms. The fraction of sp³-hybridized carbons (Fsp3) is 0.344. The van der Waals surface area contributed by atoms with Crippen LogP contribution >= 0.6 is 0 Å². The zero-order chi connectivity index (χ0) is 28.8. The Bertz CT molecular complexity index is 1530. The van der Waals surface area contributed by atoms with E-state index in [-0.39, 0.29) is 17.8 Å². The number of aromatic hydroxyl groups is 1. The Kier molecular flexibility index (Phi) is 8.96. The number of nitrogens with one attached hydrogen (secondary N) is 1. The Morgan fingerprint density at radius 1 is 1.12 bits per heavy atom. The highest BCUT2D eigenvalue weighted by Crippen LogP contribution is 2.35. The van der Waals surface area contributed by atoms with E-state index in [1.54, 1.807) is 12.1 Å². The Balaban J connectivity index is 1.37. The van der Waals surface area contributed by atoms with E-state index in [1.165, 1.54) is 6.92 Å². The number of benzene rings is 3. The molecule has 41 heavy (non-hydrogen) atoms. The average Bonchev–Trinajstić information content (AvgIpc) is 3.43. The molecule has 3 aromatic carbocycles. The van der Waals surface area contributed by atoms with Crippen LogP contribution in [0, 0.1) is 0 Å². The second-order valence-electron chi connectivity index (χ2n) is 10.2. The van der Waals surface area contributed by atoms with Crippen LogP contribution in [0.2, 0.25) is 0 Å². The van der Waals surface area contributed by atoms with Gasteiger partial charge in [-0.2, -0.15) is 0 Å². The number of hydrogen-bond donors (Lipinski definition) is 2. The predicted octanol–water partition coefficient (Wildman–Crippen LogP) is 6.10. The number of hydrogen-bond acceptors (Lipinski definition) is 8. The van der Waals surface area contributed by atoms with Crippen molar-refractivity contribution >= 4 is 5.78 Å². The van der Waals surface area contributed by atoms with Gasteiger partial charge in [0.15, 0.2) is 17.9 Å². The maximum atomic E-state index is 11.9. The second kappa shape index (κ2) is 13.0. The highest BCUT2D eigenvalue weighted by atomic mass is 16.7. The van der Waals surface area contributed by atoms with Crippen molar-refractivity contribution in [1.82, 2.24) is 10.1 Å². The summed E-state index contributed by atoms with van der Waals surface area (Å²) in [5.74, 6) is 0.114. The van der Waals surface area contributed by atoms with Crippen LogP contribution in [0.5, 0.6) is 11.5 Å². The lowest BCUT2D eigenvalue weighted by Crippen LogP contribution is -2.25. The maximum absolute atomic E-state index is 11.9. The monoisotopic (exact) mass is 558 g/mol. The number of aromatic nitrogens is 2. The van der Waals surface area contributed by atoms with Crippen molar-refractivity contribution in [3.8, 4) is 22.9 Å². The van der Waals surface area contributed by atoms with Gasteiger partial charge in [0.2, 0.25) is 0 Å². The van der Waals surface area contributed by atoms with Crippen LogP contribution in [-0.2, 0) is 22.5 Å². The van der Waals surface area contributed by atoms with E-state index in [9.17, 15) is 14.7 Å². The van der Waals surface area contributed by atoms with Gasteiger partial charge in [0, 0.05) is 17.7 Å². The molecule has 0 saturated carbocycles. The zero-order valence-electron chi connectivity index (χ0n) is 23.2. The van der Waals surface area contributed by atoms with Gasteiger partial charge in [-0.3, -0.25) is 14.3 Å². The van der Waals surface area contributed by atoms with Crippen LogP contribution in [0.4, 0.5) is 0 Å². The van der Waals surface area contributed by atoms with E-state index in [0.717, 1.165) is 42.4 Å². The van der Waals surface area contributed by atoms with Crippen LogP contribution in [0.15, 0.2) is 70.0 Å². The number of ether oxygens (including phenoxy) is 3. The number of ketones is 1. The number of H-pyrrole nitrogens is 1. The summed E-state index contributed by atoms with van der Waals surface area (Å²) in [7, 11) is 0. The first-order valence-corrected chi connectivity index (χ1v) is 13.9. The summed E-state index contributed by atoms with van der Waals surface area (Å²) >= 11 is 0. The van der Waals surface area contributed by atoms with Crippen LogP contribution in [0.3, 0.4) is 0 Å². The first-order chi connectivity index (χ1) is 19.9. The van der Waals surface area contributed by atoms with Gasteiger partial charge in [0.05, 0.1) is 5.56 Å². The smallest absolute Gasteiger partial charge is 0.439 e. The summed E-state index contributed by atoms with van der Waals surface area (Å²) in [5, 5.41) is 14.5. The lowest BCUT2D eigenvalue weighted by atomic mass is 9.98. The SMILES string of the molecule is CCCc1c(OCc2ccc(C(OC3CCCCO3)c3cccc(-c4noc(=O)[nH]4)c3)cc2)ccc(C(C)=O)c1O. The predicted molar refractivity (Wildman–Crippen MR) is 152 cm³/mol. The van der Waals surface area contributed by atoms with Gasteiger partial charge in [0.1, 0.15) is 24.2 Å². The van der Waals surface area contributed by atoms with Crippen molar-refractivity contribution in [3.63, 3.8) is 0 Å². The van der Waals surface area contributed by atoms with Crippen molar-refractivity contribution in [3.05, 3.63) is 99.0 Å². The first-order valence-electron chi connectivity index (χ1n) is 13.9. The molecule has 0 amide bonds. The number of aromatic amines is 1. The van der Waals surface area contributed by atoms with E-state index in [1.807, 2.05) is 55.5 Å². The number of carbonyl (C=O) groups is 1. The highest BCUT2D eigenvalue weighted by Gasteiger charge is 2.24. The van der Waals surface area contributed by atoms with Crippen LogP contribution in [0.1, 0.15) is 78.2 Å². The number of carbonyl (C=O) groups excluding carboxylic acids is 1. The lowest BCUT2D eigenvalue weighted by molar-refractivity contribution is -0.181. The van der Waals surface area contributed by atoms with Crippen molar-refractivity contribution in [2.24, 2.45) is 0 Å². The Labute approximate surface area is 238 Å². The molecular weight excluding hydrogens is 524 g/mol. The van der Waals surface area contributed by atoms with Gasteiger partial charge >= 0.3 is 5.76 Å². The van der Waals surface area contributed by atoms with Gasteiger partial charge < -0.3 is 19.3 Å². The number of phenols is 1. The highest BCUT2D eigenvalue weighted by molar-refractivity contribution is 5.97. The summed E-state index contributed by atoms with van der Waals surface area (Å²) in [4.78, 5) is 26.0. The van der Waals surface area contributed by atoms with Crippen molar-refractivity contribution in [1.29, 1.82) is 0 Å². The molecule has 1 aliphatic heterocycles. The Morgan fingerprint density at radius 2 is 1.95 bits per heavy atom. The van der Waals surface area contributed by atoms with Gasteiger partial charge in [-0.25, -0.2) is 4.79 Å². The molecule has 214 valence electrons. The third-order valence-electron chi connectivity index (χ3n) is 7.12.